The summed E-state index contributed by atoms with van der Waals surface area (Å²) >= 11 is 6.48. The van der Waals surface area contributed by atoms with Gasteiger partial charge in [-0.2, -0.15) is 8.42 Å². The predicted octanol–water partition coefficient (Wildman–Crippen LogP) is 1.78. The van der Waals surface area contributed by atoms with Crippen molar-refractivity contribution in [2.45, 2.75) is 12.3 Å². The summed E-state index contributed by atoms with van der Waals surface area (Å²) in [5.41, 5.74) is 0.275. The molecule has 1 fully saturated rings. The van der Waals surface area contributed by atoms with E-state index in [1.165, 1.54) is 38.2 Å². The Morgan fingerprint density at radius 3 is 2.69 bits per heavy atom. The third-order valence-electron chi connectivity index (χ3n) is 6.58. The van der Waals surface area contributed by atoms with Crippen LogP contribution in [0.25, 0.3) is 0 Å². The molecule has 210 valence electrons. The Hall–Kier alpha value is -3.15. The Kier molecular flexibility index (Phi) is 8.83. The van der Waals surface area contributed by atoms with Gasteiger partial charge in [0.2, 0.25) is 0 Å². The second kappa shape index (κ2) is 11.9. The molecule has 0 bridgehead atoms. The number of nitrogens with one attached hydrogen (secondary N) is 3. The number of amides is 1. The Bertz CT molecular complexity index is 1350. The molecule has 14 heteroatoms. The molecule has 3 N–H and O–H groups in total. The maximum Gasteiger partial charge on any atom is 0.414 e. The van der Waals surface area contributed by atoms with Crippen molar-refractivity contribution in [2.75, 3.05) is 58.6 Å². The van der Waals surface area contributed by atoms with Crippen LogP contribution in [0.1, 0.15) is 17.0 Å². The van der Waals surface area contributed by atoms with Crippen molar-refractivity contribution in [3.8, 4) is 11.5 Å². The van der Waals surface area contributed by atoms with Gasteiger partial charge in [0.25, 0.3) is 10.2 Å². The summed E-state index contributed by atoms with van der Waals surface area (Å²) in [7, 11) is 0.232. The number of benzene rings is 1. The van der Waals surface area contributed by atoms with Crippen LogP contribution in [0.4, 0.5) is 14.9 Å². The number of rotatable bonds is 8. The van der Waals surface area contributed by atoms with Crippen LogP contribution >= 0.6 is 11.6 Å². The van der Waals surface area contributed by atoms with Gasteiger partial charge in [0.15, 0.2) is 11.6 Å². The normalized spacial score (nSPS) is 19.5. The quantitative estimate of drug-likeness (QED) is 0.318. The molecule has 2 unspecified atom stereocenters. The van der Waals surface area contributed by atoms with Gasteiger partial charge < -0.3 is 24.6 Å². The number of ether oxygens (including phenoxy) is 2. The maximum absolute atomic E-state index is 15.4. The van der Waals surface area contributed by atoms with Crippen LogP contribution in [0.2, 0.25) is 5.02 Å². The second-order valence-electron chi connectivity index (χ2n) is 9.41. The van der Waals surface area contributed by atoms with E-state index in [4.69, 9.17) is 21.1 Å². The van der Waals surface area contributed by atoms with Crippen molar-refractivity contribution >= 4 is 39.6 Å². The molecule has 2 heterocycles. The lowest BCUT2D eigenvalue weighted by Crippen LogP contribution is -2.47. The van der Waals surface area contributed by atoms with Crippen molar-refractivity contribution in [3.63, 3.8) is 0 Å². The number of carbonyl (C=O) groups is 2. The molecule has 2 aromatic rings. The molecule has 1 amide bonds. The minimum atomic E-state index is -4.00. The first kappa shape index (κ1) is 28.8. The zero-order valence-corrected chi connectivity index (χ0v) is 23.2. The molecular formula is C25H29ClFN5O6S. The second-order valence-corrected chi connectivity index (χ2v) is 11.4. The van der Waals surface area contributed by atoms with Gasteiger partial charge in [-0.15, -0.1) is 0 Å². The van der Waals surface area contributed by atoms with Gasteiger partial charge in [0.05, 0.1) is 10.9 Å². The lowest BCUT2D eigenvalue weighted by molar-refractivity contribution is -0.141. The molecule has 1 saturated heterocycles. The minimum absolute atomic E-state index is 0.0435. The smallest absolute Gasteiger partial charge is 0.414 e. The van der Waals surface area contributed by atoms with E-state index in [9.17, 15) is 18.0 Å². The fourth-order valence-electron chi connectivity index (χ4n) is 4.50. The van der Waals surface area contributed by atoms with E-state index in [1.54, 1.807) is 6.07 Å². The highest BCUT2D eigenvalue weighted by atomic mass is 35.5. The number of halogens is 2. The summed E-state index contributed by atoms with van der Waals surface area (Å²) in [4.78, 5) is 28.9. The average molecular weight is 582 g/mol. The van der Waals surface area contributed by atoms with Crippen LogP contribution < -0.4 is 24.2 Å². The Balaban J connectivity index is 1.70. The monoisotopic (exact) mass is 581 g/mol. The van der Waals surface area contributed by atoms with Crippen molar-refractivity contribution in [1.29, 1.82) is 0 Å². The summed E-state index contributed by atoms with van der Waals surface area (Å²) in [6.07, 6.45) is -0.735. The number of nitrogens with zero attached hydrogens (tertiary/aromatic N) is 2. The summed E-state index contributed by atoms with van der Waals surface area (Å²) in [6.45, 7) is 3.52. The van der Waals surface area contributed by atoms with E-state index in [0.29, 0.717) is 12.1 Å². The fourth-order valence-corrected chi connectivity index (χ4v) is 5.22. The molecule has 0 saturated carbocycles. The molecular weight excluding hydrogens is 553 g/mol. The lowest BCUT2D eigenvalue weighted by atomic mass is 9.79. The number of hydrogen-bond donors (Lipinski definition) is 3. The highest BCUT2D eigenvalue weighted by molar-refractivity contribution is 7.90. The summed E-state index contributed by atoms with van der Waals surface area (Å²) < 4.78 is 54.2. The standard InChI is InChI=1S/C25H29ClFN5O6S/c1-28-39(35,36)30-20-6-4-5-15(23(20)27)11-17-18(14-32-9-7-29-8-10-32)16-12-19(26)22(38-25(34)31(2)3)13-21(16)37-24(17)33/h5,12-13,17-18,28-30H,7-11,14H2,1-3H3. The van der Waals surface area contributed by atoms with Crippen molar-refractivity contribution in [1.82, 2.24) is 19.8 Å². The number of carbonyl (C=O) groups excluding carboxylic acids is 2. The molecule has 2 atom stereocenters. The van der Waals surface area contributed by atoms with Crippen molar-refractivity contribution in [2.24, 2.45) is 5.92 Å². The molecule has 39 heavy (non-hydrogen) atoms. The van der Waals surface area contributed by atoms with E-state index < -0.39 is 45.6 Å². The third-order valence-corrected chi connectivity index (χ3v) is 7.89. The van der Waals surface area contributed by atoms with Crippen molar-refractivity contribution < 1.29 is 31.9 Å². The van der Waals surface area contributed by atoms with Gasteiger partial charge in [0.1, 0.15) is 11.4 Å². The molecule has 2 aliphatic rings. The highest BCUT2D eigenvalue weighted by Crippen LogP contribution is 2.44. The maximum atomic E-state index is 15.4. The van der Waals surface area contributed by atoms with Crippen LogP contribution in [0.5, 0.6) is 11.5 Å². The largest absolute Gasteiger partial charge is 0.426 e. The van der Waals surface area contributed by atoms with E-state index >= 15 is 4.39 Å². The fraction of sp³-hybridized carbons (Fsp3) is 0.440. The summed E-state index contributed by atoms with van der Waals surface area (Å²) in [5.74, 6) is -2.48. The number of piperazine rings is 1. The Morgan fingerprint density at radius 1 is 1.31 bits per heavy atom. The Morgan fingerprint density at radius 2 is 2.03 bits per heavy atom. The molecule has 4 rings (SSSR count). The van der Waals surface area contributed by atoms with E-state index in [0.717, 1.165) is 26.2 Å². The van der Waals surface area contributed by atoms with Gasteiger partial charge in [-0.05, 0) is 30.2 Å². The Labute approximate surface area is 231 Å². The molecule has 2 aliphatic heterocycles. The molecule has 0 spiro atoms. The molecule has 2 aromatic carbocycles. The first-order chi connectivity index (χ1) is 18.5. The number of hydrogen-bond acceptors (Lipinski definition) is 8. The molecule has 11 nitrogen and oxygen atoms in total. The van der Waals surface area contributed by atoms with Gasteiger partial charge >= 0.3 is 12.1 Å². The van der Waals surface area contributed by atoms with Crippen LogP contribution in [-0.2, 0) is 21.4 Å². The first-order valence-corrected chi connectivity index (χ1v) is 14.0. The first-order valence-electron chi connectivity index (χ1n) is 12.2. The van der Waals surface area contributed by atoms with Crippen LogP contribution in [-0.4, -0.2) is 84.1 Å². The van der Waals surface area contributed by atoms with Gasteiger partial charge in [-0.3, -0.25) is 9.52 Å². The number of anilines is 1. The topological polar surface area (TPSA) is 129 Å². The van der Waals surface area contributed by atoms with E-state index in [-0.39, 0.29) is 28.5 Å². The lowest BCUT2D eigenvalue weighted by Gasteiger charge is -2.37. The van der Waals surface area contributed by atoms with Gasteiger partial charge in [-0.1, -0.05) is 17.7 Å². The summed E-state index contributed by atoms with van der Waals surface area (Å²) in [5, 5.41) is 3.44. The zero-order valence-electron chi connectivity index (χ0n) is 21.6. The SMILES string of the molecule is CNS(=O)(=O)Nc1c#ccc(CC2C(=O)Oc3cc(OC(=O)N(C)C)c(Cl)cc3C2CN2CCNCC2)c1F. The highest BCUT2D eigenvalue weighted by Gasteiger charge is 2.40. The predicted molar refractivity (Wildman–Crippen MR) is 142 cm³/mol. The van der Waals surface area contributed by atoms with Crippen LogP contribution in [0.3, 0.4) is 0 Å². The molecule has 0 radical (unpaired) electrons. The molecule has 0 aliphatic carbocycles. The van der Waals surface area contributed by atoms with Crippen LogP contribution in [0.15, 0.2) is 18.2 Å². The van der Waals surface area contributed by atoms with Crippen LogP contribution in [0, 0.1) is 23.9 Å². The van der Waals surface area contributed by atoms with Gasteiger partial charge in [-0.25, -0.2) is 13.9 Å². The van der Waals surface area contributed by atoms with Gasteiger partial charge in [0, 0.05) is 71.4 Å². The van der Waals surface area contributed by atoms with E-state index in [1.807, 2.05) is 4.72 Å². The zero-order chi connectivity index (χ0) is 28.3. The van der Waals surface area contributed by atoms with E-state index in [2.05, 4.69) is 27.1 Å². The number of fused-ring (bicyclic) bond motifs is 1. The number of esters is 1. The third kappa shape index (κ3) is 6.71. The average Bonchev–Trinajstić information content (AvgIpc) is 2.89. The van der Waals surface area contributed by atoms with Crippen molar-refractivity contribution in [3.05, 3.63) is 52.3 Å². The minimum Gasteiger partial charge on any atom is -0.426 e. The summed E-state index contributed by atoms with van der Waals surface area (Å²) in [6, 6.07) is 9.38. The molecule has 0 aromatic heterocycles.